The molecule has 0 spiro atoms. The lowest BCUT2D eigenvalue weighted by Gasteiger charge is -2.13. The minimum atomic E-state index is -0.198. The highest BCUT2D eigenvalue weighted by Crippen LogP contribution is 2.44. The molecule has 2 aliphatic rings. The van der Waals surface area contributed by atoms with Crippen molar-refractivity contribution in [2.24, 2.45) is 11.7 Å². The molecule has 0 amide bonds. The average Bonchev–Trinajstić information content (AvgIpc) is 3.23. The third-order valence-corrected chi connectivity index (χ3v) is 4.02. The first-order valence-corrected chi connectivity index (χ1v) is 6.67. The highest BCUT2D eigenvalue weighted by molar-refractivity contribution is 5.76. The van der Waals surface area contributed by atoms with E-state index in [2.05, 4.69) is 9.55 Å². The van der Waals surface area contributed by atoms with Crippen LogP contribution < -0.4 is 5.73 Å². The van der Waals surface area contributed by atoms with Crippen molar-refractivity contribution in [1.82, 2.24) is 9.55 Å². The maximum absolute atomic E-state index is 13.4. The molecule has 3 nitrogen and oxygen atoms in total. The molecule has 94 valence electrons. The summed E-state index contributed by atoms with van der Waals surface area (Å²) < 4.78 is 15.6. The quantitative estimate of drug-likeness (QED) is 0.903. The molecule has 4 rings (SSSR count). The van der Waals surface area contributed by atoms with E-state index in [-0.39, 0.29) is 11.9 Å². The Morgan fingerprint density at radius 3 is 2.72 bits per heavy atom. The van der Waals surface area contributed by atoms with E-state index in [9.17, 15) is 4.39 Å². The van der Waals surface area contributed by atoms with Gasteiger partial charge in [-0.25, -0.2) is 9.37 Å². The largest absolute Gasteiger partial charge is 0.323 e. The van der Waals surface area contributed by atoms with Crippen LogP contribution in [-0.4, -0.2) is 9.55 Å². The van der Waals surface area contributed by atoms with Crippen LogP contribution in [0.15, 0.2) is 18.2 Å². The number of rotatable bonds is 3. The molecule has 0 radical (unpaired) electrons. The van der Waals surface area contributed by atoms with Crippen molar-refractivity contribution < 1.29 is 4.39 Å². The number of nitrogens with zero attached hydrogens (tertiary/aromatic N) is 2. The minimum absolute atomic E-state index is 0.0149. The van der Waals surface area contributed by atoms with Crippen LogP contribution in [0.5, 0.6) is 0 Å². The molecule has 1 aromatic heterocycles. The molecule has 1 unspecified atom stereocenters. The smallest absolute Gasteiger partial charge is 0.127 e. The number of hydrogen-bond donors (Lipinski definition) is 1. The topological polar surface area (TPSA) is 43.8 Å². The third-order valence-electron chi connectivity index (χ3n) is 4.02. The normalized spacial score (nSPS) is 21.4. The second-order valence-corrected chi connectivity index (χ2v) is 5.57. The zero-order valence-corrected chi connectivity index (χ0v) is 10.1. The van der Waals surface area contributed by atoms with E-state index in [1.807, 2.05) is 0 Å². The van der Waals surface area contributed by atoms with Crippen LogP contribution in [0.2, 0.25) is 0 Å². The molecule has 2 aromatic rings. The second kappa shape index (κ2) is 3.54. The summed E-state index contributed by atoms with van der Waals surface area (Å²) in [5.74, 6) is 1.33. The van der Waals surface area contributed by atoms with E-state index in [0.717, 1.165) is 29.7 Å². The Morgan fingerprint density at radius 2 is 2.06 bits per heavy atom. The number of benzene rings is 1. The molecule has 1 heterocycles. The Balaban J connectivity index is 1.92. The SMILES string of the molecule is NC(c1nc2ccc(F)cc2n1C1CC1)C1CC1. The van der Waals surface area contributed by atoms with Gasteiger partial charge in [0.05, 0.1) is 17.1 Å². The molecular weight excluding hydrogens is 229 g/mol. The van der Waals surface area contributed by atoms with Gasteiger partial charge in [0.1, 0.15) is 11.6 Å². The number of nitrogens with two attached hydrogens (primary N) is 1. The summed E-state index contributed by atoms with van der Waals surface area (Å²) in [6, 6.07) is 5.31. The van der Waals surface area contributed by atoms with Crippen LogP contribution in [0.3, 0.4) is 0 Å². The average molecular weight is 245 g/mol. The molecule has 2 fully saturated rings. The summed E-state index contributed by atoms with van der Waals surface area (Å²) >= 11 is 0. The van der Waals surface area contributed by atoms with Crippen LogP contribution in [0.4, 0.5) is 4.39 Å². The van der Waals surface area contributed by atoms with Crippen molar-refractivity contribution in [3.63, 3.8) is 0 Å². The fourth-order valence-electron chi connectivity index (χ4n) is 2.70. The molecule has 0 bridgehead atoms. The summed E-state index contributed by atoms with van der Waals surface area (Å²) in [5, 5.41) is 0. The lowest BCUT2D eigenvalue weighted by molar-refractivity contribution is 0.551. The standard InChI is InChI=1S/C14H16FN3/c15-9-3-6-11-12(7-9)18(10-4-5-10)14(17-11)13(16)8-1-2-8/h3,6-8,10,13H,1-2,4-5,16H2. The number of aromatic nitrogens is 2. The molecule has 4 heteroatoms. The zero-order chi connectivity index (χ0) is 12.3. The fraction of sp³-hybridized carbons (Fsp3) is 0.500. The Kier molecular flexibility index (Phi) is 2.07. The van der Waals surface area contributed by atoms with E-state index in [0.29, 0.717) is 12.0 Å². The van der Waals surface area contributed by atoms with Gasteiger partial charge in [0.15, 0.2) is 0 Å². The Morgan fingerprint density at radius 1 is 1.28 bits per heavy atom. The Hall–Kier alpha value is -1.42. The van der Waals surface area contributed by atoms with Gasteiger partial charge < -0.3 is 10.3 Å². The second-order valence-electron chi connectivity index (χ2n) is 5.57. The summed E-state index contributed by atoms with van der Waals surface area (Å²) in [5.41, 5.74) is 8.07. The predicted octanol–water partition coefficient (Wildman–Crippen LogP) is 2.92. The van der Waals surface area contributed by atoms with Crippen LogP contribution in [-0.2, 0) is 0 Å². The zero-order valence-electron chi connectivity index (χ0n) is 10.1. The first-order valence-electron chi connectivity index (χ1n) is 6.67. The van der Waals surface area contributed by atoms with E-state index in [1.165, 1.54) is 18.9 Å². The highest BCUT2D eigenvalue weighted by Gasteiger charge is 2.36. The monoisotopic (exact) mass is 245 g/mol. The number of halogens is 1. The van der Waals surface area contributed by atoms with E-state index < -0.39 is 0 Å². The van der Waals surface area contributed by atoms with E-state index >= 15 is 0 Å². The number of fused-ring (bicyclic) bond motifs is 1. The molecule has 0 saturated heterocycles. The van der Waals surface area contributed by atoms with Crippen molar-refractivity contribution in [3.05, 3.63) is 29.8 Å². The summed E-state index contributed by atoms with van der Waals surface area (Å²) in [6.45, 7) is 0. The predicted molar refractivity (Wildman–Crippen MR) is 67.6 cm³/mol. The van der Waals surface area contributed by atoms with Crippen LogP contribution >= 0.6 is 0 Å². The van der Waals surface area contributed by atoms with Gasteiger partial charge in [0, 0.05) is 6.04 Å². The first-order chi connectivity index (χ1) is 8.74. The van der Waals surface area contributed by atoms with Gasteiger partial charge in [-0.15, -0.1) is 0 Å². The lowest BCUT2D eigenvalue weighted by Crippen LogP contribution is -2.18. The van der Waals surface area contributed by atoms with Crippen LogP contribution in [0.1, 0.15) is 43.6 Å². The third kappa shape index (κ3) is 1.56. The maximum atomic E-state index is 13.4. The van der Waals surface area contributed by atoms with Gasteiger partial charge in [0.2, 0.25) is 0 Å². The summed E-state index contributed by atoms with van der Waals surface area (Å²) in [6.07, 6.45) is 4.71. The van der Waals surface area contributed by atoms with Crippen molar-refractivity contribution in [2.45, 2.75) is 37.8 Å². The van der Waals surface area contributed by atoms with Crippen molar-refractivity contribution >= 4 is 11.0 Å². The molecular formula is C14H16FN3. The summed E-state index contributed by atoms with van der Waals surface area (Å²) in [7, 11) is 0. The van der Waals surface area contributed by atoms with Gasteiger partial charge >= 0.3 is 0 Å². The number of imidazole rings is 1. The maximum Gasteiger partial charge on any atom is 0.127 e. The molecule has 2 saturated carbocycles. The van der Waals surface area contributed by atoms with E-state index in [1.54, 1.807) is 12.1 Å². The van der Waals surface area contributed by atoms with Gasteiger partial charge in [-0.3, -0.25) is 0 Å². The van der Waals surface area contributed by atoms with Crippen LogP contribution in [0.25, 0.3) is 11.0 Å². The van der Waals surface area contributed by atoms with Gasteiger partial charge in [-0.05, 0) is 49.8 Å². The highest BCUT2D eigenvalue weighted by atomic mass is 19.1. The van der Waals surface area contributed by atoms with Gasteiger partial charge in [-0.2, -0.15) is 0 Å². The van der Waals surface area contributed by atoms with Crippen molar-refractivity contribution in [3.8, 4) is 0 Å². The van der Waals surface area contributed by atoms with Gasteiger partial charge in [0.25, 0.3) is 0 Å². The number of hydrogen-bond acceptors (Lipinski definition) is 2. The Bertz CT molecular complexity index is 611. The van der Waals surface area contributed by atoms with E-state index in [4.69, 9.17) is 5.73 Å². The molecule has 2 aliphatic carbocycles. The molecule has 1 aromatic carbocycles. The molecule has 2 N–H and O–H groups in total. The Labute approximate surface area is 105 Å². The molecule has 1 atom stereocenters. The summed E-state index contributed by atoms with van der Waals surface area (Å²) in [4.78, 5) is 4.65. The van der Waals surface area contributed by atoms with Crippen molar-refractivity contribution in [2.75, 3.05) is 0 Å². The lowest BCUT2D eigenvalue weighted by atomic mass is 10.2. The van der Waals surface area contributed by atoms with Crippen molar-refractivity contribution in [1.29, 1.82) is 0 Å². The van der Waals surface area contributed by atoms with Gasteiger partial charge in [-0.1, -0.05) is 0 Å². The molecule has 0 aliphatic heterocycles. The first kappa shape index (κ1) is 10.5. The van der Waals surface area contributed by atoms with Crippen LogP contribution in [0, 0.1) is 11.7 Å². The minimum Gasteiger partial charge on any atom is -0.323 e. The fourth-order valence-corrected chi connectivity index (χ4v) is 2.70. The molecule has 18 heavy (non-hydrogen) atoms.